The Bertz CT molecular complexity index is 6050. The van der Waals surface area contributed by atoms with Crippen molar-refractivity contribution >= 4 is 211 Å². The summed E-state index contributed by atoms with van der Waals surface area (Å²) >= 11 is 45.8. The Balaban J connectivity index is 0.000000247. The van der Waals surface area contributed by atoms with Gasteiger partial charge in [0.1, 0.15) is 14.7 Å². The largest absolute Gasteiger partial charge is 0.414 e. The average molecular weight is 2350 g/mol. The zero-order valence-electron chi connectivity index (χ0n) is 71.9. The molecule has 5 unspecified atom stereocenters. The van der Waals surface area contributed by atoms with Gasteiger partial charge in [0.25, 0.3) is 27.8 Å². The smallest absolute Gasteiger partial charge is 0.310 e. The van der Waals surface area contributed by atoms with Gasteiger partial charge in [0, 0.05) is 31.0 Å². The Hall–Kier alpha value is -4.51. The van der Waals surface area contributed by atoms with Crippen LogP contribution in [0.15, 0.2) is 244 Å². The van der Waals surface area contributed by atoms with Crippen LogP contribution in [0, 0.1) is 0 Å². The van der Waals surface area contributed by atoms with Gasteiger partial charge in [-0.05, 0) is 231 Å². The van der Waals surface area contributed by atoms with E-state index in [0.717, 1.165) is 44.5 Å². The van der Waals surface area contributed by atoms with E-state index in [1.54, 1.807) is 40.6 Å². The van der Waals surface area contributed by atoms with Gasteiger partial charge in [-0.3, -0.25) is 24.0 Å². The van der Waals surface area contributed by atoms with E-state index in [-0.39, 0.29) is 85.1 Å². The van der Waals surface area contributed by atoms with Crippen LogP contribution < -0.4 is 38.2 Å². The van der Waals surface area contributed by atoms with Crippen LogP contribution in [0.25, 0.3) is 0 Å². The Morgan fingerprint density at radius 2 is 0.543 bits per heavy atom. The molecule has 5 atom stereocenters. The van der Waals surface area contributed by atoms with Gasteiger partial charge in [-0.15, -0.1) is 0 Å². The van der Waals surface area contributed by atoms with Gasteiger partial charge in [-0.1, -0.05) is 292 Å². The minimum atomic E-state index is -9.91. The number of rotatable bonds is 21. The third kappa shape index (κ3) is 30.8. The predicted octanol–water partition coefficient (Wildman–Crippen LogP) is 32.4. The van der Waals surface area contributed by atoms with Crippen LogP contribution in [0.5, 0.6) is 0 Å². The molecule has 10 aromatic rings. The number of halogens is 25. The molecule has 0 saturated carbocycles. The molecule has 5 heterocycles. The van der Waals surface area contributed by atoms with Crippen molar-refractivity contribution in [3.8, 4) is 0 Å². The number of hydrogen-bond donors (Lipinski definition) is 0. The van der Waals surface area contributed by atoms with Gasteiger partial charge >= 0.3 is 30.7 Å². The molecule has 5 aromatic carbocycles. The number of pyridine rings is 5. The Morgan fingerprint density at radius 1 is 0.315 bits per heavy atom. The minimum Gasteiger partial charge on any atom is -0.414 e. The summed E-state index contributed by atoms with van der Waals surface area (Å²) in [5.41, 5.74) is 0.452. The van der Waals surface area contributed by atoms with Crippen molar-refractivity contribution in [2.45, 2.75) is 183 Å². The van der Waals surface area contributed by atoms with Crippen molar-refractivity contribution in [3.63, 3.8) is 0 Å². The second-order valence-electron chi connectivity index (χ2n) is 35.2. The number of hydrogen-bond acceptors (Lipinski definition) is 7. The molecule has 5 aromatic heterocycles. The first-order chi connectivity index (χ1) is 56.8. The fourth-order valence-corrected chi connectivity index (χ4v) is 22.0. The molecule has 0 aliphatic heterocycles. The Morgan fingerprint density at radius 3 is 0.811 bits per heavy atom. The first kappa shape index (κ1) is 111. The highest BCUT2D eigenvalue weighted by Crippen LogP contribution is 3.03. The first-order valence-corrected chi connectivity index (χ1v) is 62.7. The zero-order valence-corrected chi connectivity index (χ0v) is 90.0. The van der Waals surface area contributed by atoms with Crippen LogP contribution in [0.1, 0.15) is 120 Å². The van der Waals surface area contributed by atoms with Crippen molar-refractivity contribution in [1.29, 1.82) is 0 Å². The normalized spacial score (nSPS) is 15.4. The molecule has 0 aliphatic rings. The predicted molar refractivity (Wildman–Crippen MR) is 523 cm³/mol. The van der Waals surface area contributed by atoms with Gasteiger partial charge in [-0.2, -0.15) is 0 Å². The molecule has 0 spiro atoms. The topological polar surface area (TPSA) is 128 Å². The highest BCUT2D eigenvalue weighted by atomic mass is 79.9. The summed E-state index contributed by atoms with van der Waals surface area (Å²) in [6.45, 7) is 40.1. The highest BCUT2D eigenvalue weighted by molar-refractivity contribution is 9.11. The average Bonchev–Trinajstić information content (AvgIpc) is 0.722. The molecule has 44 heteroatoms. The second kappa shape index (κ2) is 38.0. The minimum absolute atomic E-state index is 0.0526. The summed E-state index contributed by atoms with van der Waals surface area (Å²) in [5.74, 6) is 0. The second-order valence-corrected chi connectivity index (χ2v) is 68.6. The third-order valence-corrected chi connectivity index (χ3v) is 41.7. The van der Waals surface area contributed by atoms with E-state index in [2.05, 4.69) is 201 Å². The number of nitrogens with zero attached hydrogens (tertiary/aromatic N) is 5. The van der Waals surface area contributed by atoms with Gasteiger partial charge in [-0.25, -0.2) is 0 Å². The fourth-order valence-electron chi connectivity index (χ4n) is 11.6. The van der Waals surface area contributed by atoms with Crippen molar-refractivity contribution in [2.75, 3.05) is 13.2 Å². The van der Waals surface area contributed by atoms with Gasteiger partial charge in [0.15, 0.2) is 16.6 Å². The maximum Gasteiger partial charge on any atom is 0.310 e. The highest BCUT2D eigenvalue weighted by Gasteiger charge is 2.67. The van der Waals surface area contributed by atoms with Crippen molar-refractivity contribution in [1.82, 2.24) is 22.8 Å². The van der Waals surface area contributed by atoms with Crippen LogP contribution in [0.3, 0.4) is 0 Å². The zero-order chi connectivity index (χ0) is 97.5. The molecule has 10 rings (SSSR count). The Labute approximate surface area is 799 Å². The molecule has 0 N–H and O–H groups in total. The molecule has 0 radical (unpaired) electrons. The number of aromatic nitrogens is 5. The SMILES string of the molecule is CC(C)(C)[Si](C)(C)OCC(c1ccc([Si](C)(C)C)cc1)n1cc(Cl)cc(Br)c1=O.CC(C)(C)[Si](C)(C)OCC(c1cccc(S(F)(F)(F)(F)F)c1)n1cc(Cl)cc(Br)c1=O.CC(c1ccc(S(F)(F)(F)(F)F)cc1)n1cc(Cl)cc(Br)c1=O.CC(c1ccc([Si](C)(C)C)cc1)n1cc(Cl)cc(Br)c1=O.CC(c1cccc(S(F)(F)(F)(F)F)c1)n1cc(Cl)cc(Br)c1=O. The van der Waals surface area contributed by atoms with E-state index >= 15 is 0 Å². The molecule has 127 heavy (non-hydrogen) atoms. The molecule has 0 aliphatic carbocycles. The summed E-state index contributed by atoms with van der Waals surface area (Å²) in [4.78, 5) is 55.9. The standard InChI is InChI=1S/C22H33BrClNO2Si2.C19H24BrClF5NO2SSi.C16H19BrClNOSi.2C13H10BrClF5NOS/c1-22(2,3)29(7,8)27-15-20(25-14-17(24)13-19(23)21(25)26)16-9-11-18(12-10-16)28(4,5)6;1-19(2,3)31(4,5)29-12-17(27-11-14(21)10-16(20)18(27)28)13-7-6-8-15(9-13)30(22,23,24,25)26;1-11(19-10-13(18)9-15(17)16(19)20)12-5-7-14(8-6-12)21(2,3)4;1-8(21-7-10(15)6-12(14)13(21)22)9-2-4-11(5-3-9)23(16,17,18,19)20;1-8(21-7-10(15)6-12(14)13(21)22)9-3-2-4-11(5-9)23(16,17,18,19)20/h9-14,20H,15H2,1-8H3;6-11,17H,12H2,1-5H3;5-11H,1-4H3;2*2-8H,1H3. The molecular weight excluding hydrogens is 2250 g/mol. The Kier molecular flexibility index (Phi) is 33.3. The quantitative estimate of drug-likeness (QED) is 0.0517. The maximum atomic E-state index is 13.4. The van der Waals surface area contributed by atoms with Crippen molar-refractivity contribution in [3.05, 3.63) is 310 Å². The van der Waals surface area contributed by atoms with Crippen LogP contribution >= 0.6 is 168 Å². The first-order valence-electron chi connectivity index (χ1n) is 38.2. The lowest BCUT2D eigenvalue weighted by atomic mass is 10.1. The van der Waals surface area contributed by atoms with Crippen LogP contribution in [-0.4, -0.2) is 68.8 Å². The summed E-state index contributed by atoms with van der Waals surface area (Å²) in [7, 11) is -36.4. The van der Waals surface area contributed by atoms with Crippen LogP contribution in [-0.2, 0) is 8.85 Å². The van der Waals surface area contributed by atoms with E-state index in [1.807, 2.05) is 40.8 Å². The van der Waals surface area contributed by atoms with E-state index in [1.165, 1.54) is 70.8 Å². The van der Waals surface area contributed by atoms with E-state index in [9.17, 15) is 82.3 Å². The molecular formula is C83H96Br5Cl5F15N5O7S3Si4. The summed E-state index contributed by atoms with van der Waals surface area (Å²) < 4.78 is 216. The molecule has 0 saturated heterocycles. The van der Waals surface area contributed by atoms with Crippen LogP contribution in [0.4, 0.5) is 58.3 Å². The monoisotopic (exact) mass is 2340 g/mol. The molecule has 0 fully saturated rings. The van der Waals surface area contributed by atoms with E-state index in [0.29, 0.717) is 62.0 Å². The molecule has 12 nitrogen and oxygen atoms in total. The number of benzene rings is 5. The molecule has 0 bridgehead atoms. The van der Waals surface area contributed by atoms with Gasteiger partial charge in [0.2, 0.25) is 0 Å². The fraction of sp³-hybridized carbons (Fsp3) is 0.337. The lowest BCUT2D eigenvalue weighted by molar-refractivity contribution is 0.245. The molecule has 0 amide bonds. The van der Waals surface area contributed by atoms with Crippen LogP contribution in [0.2, 0.25) is 101 Å². The summed E-state index contributed by atoms with van der Waals surface area (Å²) in [5, 5.41) is 4.32. The third-order valence-electron chi connectivity index (χ3n) is 21.3. The van der Waals surface area contributed by atoms with Gasteiger partial charge in [0.05, 0.1) is 107 Å². The lowest BCUT2D eigenvalue weighted by Crippen LogP contribution is -2.43. The van der Waals surface area contributed by atoms with E-state index < -0.39 is 113 Å². The summed E-state index contributed by atoms with van der Waals surface area (Å²) in [6, 6.07) is 29.7. The van der Waals surface area contributed by atoms with Crippen molar-refractivity contribution < 1.29 is 67.1 Å². The van der Waals surface area contributed by atoms with Gasteiger partial charge < -0.3 is 31.7 Å². The lowest BCUT2D eigenvalue weighted by Gasteiger charge is -2.41. The van der Waals surface area contributed by atoms with E-state index in [4.69, 9.17) is 66.9 Å². The van der Waals surface area contributed by atoms with Crippen molar-refractivity contribution in [2.24, 2.45) is 0 Å². The molecule has 704 valence electrons. The maximum absolute atomic E-state index is 13.4. The summed E-state index contributed by atoms with van der Waals surface area (Å²) in [6.07, 6.45) is 7.19.